The molecule has 2 rings (SSSR count). The fourth-order valence-electron chi connectivity index (χ4n) is 1.83. The van der Waals surface area contributed by atoms with Gasteiger partial charge in [-0.2, -0.15) is 11.8 Å². The zero-order valence-corrected chi connectivity index (χ0v) is 9.59. The zero-order valence-electron chi connectivity index (χ0n) is 8.78. The van der Waals surface area contributed by atoms with Crippen LogP contribution in [0.1, 0.15) is 12.0 Å². The first-order valence-electron chi connectivity index (χ1n) is 5.45. The molecule has 3 heteroatoms. The van der Waals surface area contributed by atoms with E-state index in [-0.39, 0.29) is 0 Å². The molecule has 0 spiro atoms. The molecule has 1 heterocycles. The van der Waals surface area contributed by atoms with Crippen molar-refractivity contribution in [2.45, 2.75) is 18.1 Å². The Balaban J connectivity index is 1.75. The standard InChI is InChI=1S/C12H17NOS/c14-12-4-2-1-3-10(12)6-8-15-11-5-7-13-9-11/h1-4,11,13-14H,5-9H2. The van der Waals surface area contributed by atoms with Gasteiger partial charge in [0.1, 0.15) is 5.75 Å². The van der Waals surface area contributed by atoms with E-state index in [4.69, 9.17) is 0 Å². The molecular weight excluding hydrogens is 206 g/mol. The number of hydrogen-bond donors (Lipinski definition) is 2. The molecule has 1 unspecified atom stereocenters. The van der Waals surface area contributed by atoms with Crippen molar-refractivity contribution in [3.63, 3.8) is 0 Å². The van der Waals surface area contributed by atoms with Crippen LogP contribution in [-0.2, 0) is 6.42 Å². The summed E-state index contributed by atoms with van der Waals surface area (Å²) in [6.45, 7) is 2.31. The Hall–Kier alpha value is -0.670. The molecule has 1 aliphatic heterocycles. The van der Waals surface area contributed by atoms with Crippen LogP contribution in [0.15, 0.2) is 24.3 Å². The van der Waals surface area contributed by atoms with E-state index < -0.39 is 0 Å². The van der Waals surface area contributed by atoms with Crippen LogP contribution in [0.2, 0.25) is 0 Å². The Labute approximate surface area is 95.1 Å². The normalized spacial score (nSPS) is 20.7. The first-order valence-corrected chi connectivity index (χ1v) is 6.50. The third-order valence-electron chi connectivity index (χ3n) is 2.73. The van der Waals surface area contributed by atoms with Crippen LogP contribution >= 0.6 is 11.8 Å². The number of rotatable bonds is 4. The second-order valence-corrected chi connectivity index (χ2v) is 5.27. The van der Waals surface area contributed by atoms with Gasteiger partial charge in [0, 0.05) is 11.8 Å². The fourth-order valence-corrected chi connectivity index (χ4v) is 3.02. The van der Waals surface area contributed by atoms with Gasteiger partial charge in [-0.25, -0.2) is 0 Å². The average molecular weight is 223 g/mol. The van der Waals surface area contributed by atoms with Gasteiger partial charge < -0.3 is 10.4 Å². The predicted molar refractivity (Wildman–Crippen MR) is 65.5 cm³/mol. The highest BCUT2D eigenvalue weighted by Crippen LogP contribution is 2.22. The van der Waals surface area contributed by atoms with Crippen molar-refractivity contribution in [3.05, 3.63) is 29.8 Å². The Morgan fingerprint density at radius 2 is 2.27 bits per heavy atom. The summed E-state index contributed by atoms with van der Waals surface area (Å²) >= 11 is 2.01. The van der Waals surface area contributed by atoms with Crippen molar-refractivity contribution in [1.29, 1.82) is 0 Å². The molecule has 0 radical (unpaired) electrons. The van der Waals surface area contributed by atoms with Crippen LogP contribution in [0, 0.1) is 0 Å². The number of phenolic OH excluding ortho intramolecular Hbond substituents is 1. The largest absolute Gasteiger partial charge is 0.508 e. The second kappa shape index (κ2) is 5.42. The van der Waals surface area contributed by atoms with Crippen molar-refractivity contribution in [1.82, 2.24) is 5.32 Å². The SMILES string of the molecule is Oc1ccccc1CCSC1CCNC1. The molecule has 15 heavy (non-hydrogen) atoms. The summed E-state index contributed by atoms with van der Waals surface area (Å²) < 4.78 is 0. The molecule has 0 aliphatic carbocycles. The first-order chi connectivity index (χ1) is 7.36. The van der Waals surface area contributed by atoms with Crippen molar-refractivity contribution in [2.24, 2.45) is 0 Å². The number of para-hydroxylation sites is 1. The minimum absolute atomic E-state index is 0.433. The number of aryl methyl sites for hydroxylation is 1. The van der Waals surface area contributed by atoms with Gasteiger partial charge in [-0.05, 0) is 36.8 Å². The Morgan fingerprint density at radius 1 is 1.40 bits per heavy atom. The van der Waals surface area contributed by atoms with E-state index in [1.807, 2.05) is 30.0 Å². The predicted octanol–water partition coefficient (Wildman–Crippen LogP) is 2.03. The van der Waals surface area contributed by atoms with Gasteiger partial charge in [0.15, 0.2) is 0 Å². The Bertz CT molecular complexity index is 310. The van der Waals surface area contributed by atoms with Gasteiger partial charge in [0.25, 0.3) is 0 Å². The van der Waals surface area contributed by atoms with Crippen LogP contribution < -0.4 is 5.32 Å². The molecule has 0 saturated carbocycles. The third-order valence-corrected chi connectivity index (χ3v) is 4.05. The second-order valence-electron chi connectivity index (χ2n) is 3.86. The summed E-state index contributed by atoms with van der Waals surface area (Å²) in [5.74, 6) is 1.53. The summed E-state index contributed by atoms with van der Waals surface area (Å²) in [5.41, 5.74) is 1.07. The molecule has 1 atom stereocenters. The van der Waals surface area contributed by atoms with Crippen molar-refractivity contribution < 1.29 is 5.11 Å². The molecule has 2 nitrogen and oxygen atoms in total. The lowest BCUT2D eigenvalue weighted by molar-refractivity contribution is 0.469. The van der Waals surface area contributed by atoms with Crippen molar-refractivity contribution in [3.8, 4) is 5.75 Å². The number of hydrogen-bond acceptors (Lipinski definition) is 3. The number of thioether (sulfide) groups is 1. The van der Waals surface area contributed by atoms with E-state index in [0.717, 1.165) is 36.1 Å². The molecule has 1 aliphatic rings. The minimum Gasteiger partial charge on any atom is -0.508 e. The smallest absolute Gasteiger partial charge is 0.118 e. The molecular formula is C12H17NOS. The van der Waals surface area contributed by atoms with Gasteiger partial charge in [-0.3, -0.25) is 0 Å². The molecule has 0 bridgehead atoms. The molecule has 1 aromatic rings. The van der Waals surface area contributed by atoms with Gasteiger partial charge in [0.2, 0.25) is 0 Å². The average Bonchev–Trinajstić information content (AvgIpc) is 2.74. The van der Waals surface area contributed by atoms with E-state index >= 15 is 0 Å². The highest BCUT2D eigenvalue weighted by atomic mass is 32.2. The monoisotopic (exact) mass is 223 g/mol. The molecule has 0 aromatic heterocycles. The Kier molecular flexibility index (Phi) is 3.92. The van der Waals surface area contributed by atoms with E-state index in [9.17, 15) is 5.11 Å². The highest BCUT2D eigenvalue weighted by Gasteiger charge is 2.14. The molecule has 1 saturated heterocycles. The van der Waals surface area contributed by atoms with E-state index in [1.165, 1.54) is 6.42 Å². The topological polar surface area (TPSA) is 32.3 Å². The summed E-state index contributed by atoms with van der Waals surface area (Å²) in [6.07, 6.45) is 2.25. The van der Waals surface area contributed by atoms with Crippen LogP contribution in [0.25, 0.3) is 0 Å². The minimum atomic E-state index is 0.433. The molecule has 2 N–H and O–H groups in total. The van der Waals surface area contributed by atoms with Crippen LogP contribution in [0.4, 0.5) is 0 Å². The maximum Gasteiger partial charge on any atom is 0.118 e. The van der Waals surface area contributed by atoms with E-state index in [0.29, 0.717) is 5.75 Å². The number of benzene rings is 1. The summed E-state index contributed by atoms with van der Waals surface area (Å²) in [7, 11) is 0. The third kappa shape index (κ3) is 3.14. The van der Waals surface area contributed by atoms with Crippen molar-refractivity contribution >= 4 is 11.8 Å². The van der Waals surface area contributed by atoms with Crippen LogP contribution in [0.5, 0.6) is 5.75 Å². The highest BCUT2D eigenvalue weighted by molar-refractivity contribution is 7.99. The van der Waals surface area contributed by atoms with Crippen LogP contribution in [0.3, 0.4) is 0 Å². The van der Waals surface area contributed by atoms with E-state index in [1.54, 1.807) is 6.07 Å². The Morgan fingerprint density at radius 3 is 3.00 bits per heavy atom. The first kappa shape index (κ1) is 10.8. The summed E-state index contributed by atoms with van der Waals surface area (Å²) in [4.78, 5) is 0. The van der Waals surface area contributed by atoms with Gasteiger partial charge >= 0.3 is 0 Å². The molecule has 82 valence electrons. The van der Waals surface area contributed by atoms with Gasteiger partial charge in [-0.15, -0.1) is 0 Å². The van der Waals surface area contributed by atoms with Gasteiger partial charge in [0.05, 0.1) is 0 Å². The van der Waals surface area contributed by atoms with Gasteiger partial charge in [-0.1, -0.05) is 18.2 Å². The van der Waals surface area contributed by atoms with Crippen molar-refractivity contribution in [2.75, 3.05) is 18.8 Å². The number of nitrogens with one attached hydrogen (secondary N) is 1. The number of aromatic hydroxyl groups is 1. The lowest BCUT2D eigenvalue weighted by atomic mass is 10.1. The maximum atomic E-state index is 9.58. The fraction of sp³-hybridized carbons (Fsp3) is 0.500. The molecule has 1 aromatic carbocycles. The zero-order chi connectivity index (χ0) is 10.5. The van der Waals surface area contributed by atoms with E-state index in [2.05, 4.69) is 5.32 Å². The number of phenols is 1. The van der Waals surface area contributed by atoms with Crippen LogP contribution in [-0.4, -0.2) is 29.2 Å². The summed E-state index contributed by atoms with van der Waals surface area (Å²) in [6, 6.07) is 7.61. The lowest BCUT2D eigenvalue weighted by Gasteiger charge is -2.08. The molecule has 0 amide bonds. The maximum absolute atomic E-state index is 9.58. The molecule has 1 fully saturated rings. The quantitative estimate of drug-likeness (QED) is 0.819. The summed E-state index contributed by atoms with van der Waals surface area (Å²) in [5, 5.41) is 13.7. The lowest BCUT2D eigenvalue weighted by Crippen LogP contribution is -2.10.